The largest absolute Gasteiger partial charge is 0.160 e. The molecule has 0 aromatic heterocycles. The molecule has 0 rings (SSSR count). The van der Waals surface area contributed by atoms with Crippen LogP contribution < -0.4 is 0 Å². The standard InChI is InChI=1S/C12H25PS/c1-2-3-4-5-6-7-8-9-10-11-12-13-14/h2-12H2,1H3/p+1. The van der Waals surface area contributed by atoms with E-state index in [1.807, 2.05) is 0 Å². The molecule has 2 heteroatoms. The van der Waals surface area contributed by atoms with Crippen molar-refractivity contribution in [1.29, 1.82) is 0 Å². The molecule has 0 bridgehead atoms. The van der Waals surface area contributed by atoms with Crippen molar-refractivity contribution in [3.63, 3.8) is 0 Å². The Hall–Kier alpha value is 0.520. The summed E-state index contributed by atoms with van der Waals surface area (Å²) in [7, 11) is 0.753. The highest BCUT2D eigenvalue weighted by molar-refractivity contribution is 7.96. The Kier molecular flexibility index (Phi) is 14.0. The number of hydrogen-bond acceptors (Lipinski definition) is 1. The van der Waals surface area contributed by atoms with Crippen molar-refractivity contribution in [2.75, 3.05) is 6.16 Å². The zero-order valence-corrected chi connectivity index (χ0v) is 11.5. The van der Waals surface area contributed by atoms with Crippen LogP contribution in [0.25, 0.3) is 0 Å². The molecule has 0 N–H and O–H groups in total. The Bertz CT molecular complexity index is 115. The molecule has 1 unspecified atom stereocenters. The molecule has 0 aliphatic heterocycles. The van der Waals surface area contributed by atoms with Gasteiger partial charge in [-0.1, -0.05) is 58.3 Å². The molecular weight excluding hydrogens is 207 g/mol. The van der Waals surface area contributed by atoms with E-state index in [4.69, 9.17) is 11.8 Å². The summed E-state index contributed by atoms with van der Waals surface area (Å²) < 4.78 is 0. The van der Waals surface area contributed by atoms with E-state index < -0.39 is 0 Å². The second kappa shape index (κ2) is 13.5. The van der Waals surface area contributed by atoms with Crippen molar-refractivity contribution in [3.05, 3.63) is 0 Å². The lowest BCUT2D eigenvalue weighted by Gasteiger charge is -2.00. The first-order valence-corrected chi connectivity index (χ1v) is 8.60. The minimum absolute atomic E-state index is 0.753. The van der Waals surface area contributed by atoms with Crippen molar-refractivity contribution >= 4 is 19.2 Å². The molecule has 0 nitrogen and oxygen atoms in total. The molecule has 0 spiro atoms. The van der Waals surface area contributed by atoms with Gasteiger partial charge in [-0.3, -0.25) is 0 Å². The van der Waals surface area contributed by atoms with E-state index in [0.29, 0.717) is 0 Å². The average Bonchev–Trinajstić information content (AvgIpc) is 2.21. The second-order valence-corrected chi connectivity index (χ2v) is 5.73. The SMILES string of the molecule is CCCCCCCCCCCC[PH+]=S. The molecule has 0 aromatic carbocycles. The maximum absolute atomic E-state index is 4.94. The molecule has 14 heavy (non-hydrogen) atoms. The first-order valence-electron chi connectivity index (χ1n) is 6.26. The Morgan fingerprint density at radius 1 is 0.714 bits per heavy atom. The van der Waals surface area contributed by atoms with Crippen LogP contribution in [0.4, 0.5) is 0 Å². The van der Waals surface area contributed by atoms with Crippen LogP contribution in [-0.4, -0.2) is 6.16 Å². The van der Waals surface area contributed by atoms with Crippen LogP contribution in [0, 0.1) is 0 Å². The molecular formula is C12H26PS+. The summed E-state index contributed by atoms with van der Waals surface area (Å²) in [4.78, 5) is 0. The molecule has 0 amide bonds. The third-order valence-corrected chi connectivity index (χ3v) is 3.80. The maximum atomic E-state index is 4.94. The van der Waals surface area contributed by atoms with E-state index >= 15 is 0 Å². The van der Waals surface area contributed by atoms with E-state index in [0.717, 1.165) is 7.36 Å². The summed E-state index contributed by atoms with van der Waals surface area (Å²) in [6, 6.07) is 0. The summed E-state index contributed by atoms with van der Waals surface area (Å²) in [6.07, 6.45) is 15.6. The van der Waals surface area contributed by atoms with Crippen LogP contribution in [0.3, 0.4) is 0 Å². The molecule has 84 valence electrons. The second-order valence-electron chi connectivity index (χ2n) is 4.08. The average molecular weight is 233 g/mol. The van der Waals surface area contributed by atoms with Crippen LogP contribution in [-0.2, 0) is 11.8 Å². The summed E-state index contributed by atoms with van der Waals surface area (Å²) in [5.74, 6) is 0. The van der Waals surface area contributed by atoms with Crippen molar-refractivity contribution in [2.45, 2.75) is 71.1 Å². The molecule has 0 fully saturated rings. The third-order valence-electron chi connectivity index (χ3n) is 2.63. The lowest BCUT2D eigenvalue weighted by molar-refractivity contribution is 0.563. The van der Waals surface area contributed by atoms with E-state index in [9.17, 15) is 0 Å². The van der Waals surface area contributed by atoms with E-state index in [-0.39, 0.29) is 0 Å². The number of unbranched alkanes of at least 4 members (excludes halogenated alkanes) is 9. The van der Waals surface area contributed by atoms with Gasteiger partial charge in [-0.15, -0.1) is 0 Å². The van der Waals surface area contributed by atoms with Gasteiger partial charge in [0, 0.05) is 0 Å². The Morgan fingerprint density at radius 3 is 1.57 bits per heavy atom. The molecule has 0 aromatic rings. The summed E-state index contributed by atoms with van der Waals surface area (Å²) in [6.45, 7) is 2.28. The van der Waals surface area contributed by atoms with Crippen LogP contribution in [0.5, 0.6) is 0 Å². The number of hydrogen-bond donors (Lipinski definition) is 0. The molecule has 0 aliphatic carbocycles. The van der Waals surface area contributed by atoms with Gasteiger partial charge in [-0.05, 0) is 12.8 Å². The fourth-order valence-electron chi connectivity index (χ4n) is 1.68. The fraction of sp³-hybridized carbons (Fsp3) is 1.00. The molecule has 1 atom stereocenters. The highest BCUT2D eigenvalue weighted by atomic mass is 32.4. The Labute approximate surface area is 96.7 Å². The maximum Gasteiger partial charge on any atom is 0.160 e. The zero-order chi connectivity index (χ0) is 10.5. The van der Waals surface area contributed by atoms with Crippen LogP contribution >= 0.6 is 7.36 Å². The highest BCUT2D eigenvalue weighted by Crippen LogP contribution is 2.11. The molecule has 0 radical (unpaired) electrons. The Morgan fingerprint density at radius 2 is 1.14 bits per heavy atom. The van der Waals surface area contributed by atoms with Crippen LogP contribution in [0.1, 0.15) is 71.1 Å². The summed E-state index contributed by atoms with van der Waals surface area (Å²) >= 11 is 4.94. The van der Waals surface area contributed by atoms with E-state index in [1.54, 1.807) is 0 Å². The minimum Gasteiger partial charge on any atom is -0.0654 e. The summed E-state index contributed by atoms with van der Waals surface area (Å²) in [5, 5.41) is 0. The predicted octanol–water partition coefficient (Wildman–Crippen LogP) is 5.05. The minimum atomic E-state index is 0.753. The van der Waals surface area contributed by atoms with Gasteiger partial charge in [-0.2, -0.15) is 0 Å². The highest BCUT2D eigenvalue weighted by Gasteiger charge is 1.93. The van der Waals surface area contributed by atoms with Gasteiger partial charge in [0.2, 0.25) is 0 Å². The molecule has 0 heterocycles. The molecule has 0 aliphatic rings. The first-order chi connectivity index (χ1) is 6.91. The number of rotatable bonds is 11. The van der Waals surface area contributed by atoms with Crippen molar-refractivity contribution in [1.82, 2.24) is 0 Å². The normalized spacial score (nSPS) is 10.9. The van der Waals surface area contributed by atoms with Gasteiger partial charge >= 0.3 is 0 Å². The Balaban J connectivity index is 2.81. The smallest absolute Gasteiger partial charge is 0.0654 e. The summed E-state index contributed by atoms with van der Waals surface area (Å²) in [5.41, 5.74) is 0. The van der Waals surface area contributed by atoms with Gasteiger partial charge in [0.1, 0.15) is 6.16 Å². The van der Waals surface area contributed by atoms with Gasteiger partial charge < -0.3 is 0 Å². The monoisotopic (exact) mass is 233 g/mol. The van der Waals surface area contributed by atoms with E-state index in [1.165, 1.54) is 70.4 Å². The quantitative estimate of drug-likeness (QED) is 0.355. The van der Waals surface area contributed by atoms with Crippen LogP contribution in [0.2, 0.25) is 0 Å². The van der Waals surface area contributed by atoms with Gasteiger partial charge in [-0.25, -0.2) is 0 Å². The lowest BCUT2D eigenvalue weighted by Crippen LogP contribution is -1.82. The van der Waals surface area contributed by atoms with E-state index in [2.05, 4.69) is 6.92 Å². The third kappa shape index (κ3) is 12.5. The first kappa shape index (κ1) is 14.5. The molecule has 0 saturated carbocycles. The molecule has 0 saturated heterocycles. The van der Waals surface area contributed by atoms with Gasteiger partial charge in [0.15, 0.2) is 19.2 Å². The predicted molar refractivity (Wildman–Crippen MR) is 72.4 cm³/mol. The van der Waals surface area contributed by atoms with Crippen molar-refractivity contribution in [2.24, 2.45) is 0 Å². The zero-order valence-electron chi connectivity index (χ0n) is 9.69. The fourth-order valence-corrected chi connectivity index (χ4v) is 2.51. The lowest BCUT2D eigenvalue weighted by atomic mass is 10.1. The van der Waals surface area contributed by atoms with Gasteiger partial charge in [0.25, 0.3) is 0 Å². The van der Waals surface area contributed by atoms with Gasteiger partial charge in [0.05, 0.1) is 0 Å². The topological polar surface area (TPSA) is 0 Å². The van der Waals surface area contributed by atoms with Crippen LogP contribution in [0.15, 0.2) is 0 Å². The van der Waals surface area contributed by atoms with Crippen molar-refractivity contribution in [3.8, 4) is 0 Å². The van der Waals surface area contributed by atoms with Crippen molar-refractivity contribution < 1.29 is 0 Å².